The largest absolute Gasteiger partial charge is 0.497 e. The summed E-state index contributed by atoms with van der Waals surface area (Å²) in [5, 5.41) is 4.01. The van der Waals surface area contributed by atoms with Crippen LogP contribution >= 0.6 is 0 Å². The molecule has 0 aliphatic rings. The lowest BCUT2D eigenvalue weighted by Crippen LogP contribution is -2.18. The topological polar surface area (TPSA) is 75.2 Å². The van der Waals surface area contributed by atoms with Gasteiger partial charge in [0, 0.05) is 13.1 Å². The highest BCUT2D eigenvalue weighted by atomic mass is 16.5. The van der Waals surface area contributed by atoms with Crippen LogP contribution in [0.3, 0.4) is 0 Å². The van der Waals surface area contributed by atoms with Crippen molar-refractivity contribution in [3.05, 3.63) is 35.9 Å². The van der Waals surface area contributed by atoms with Crippen LogP contribution < -0.4 is 15.2 Å². The van der Waals surface area contributed by atoms with E-state index in [-0.39, 0.29) is 6.04 Å². The maximum atomic E-state index is 5.88. The van der Waals surface area contributed by atoms with Crippen molar-refractivity contribution >= 4 is 0 Å². The molecule has 1 aromatic heterocycles. The fourth-order valence-corrected chi connectivity index (χ4v) is 1.92. The van der Waals surface area contributed by atoms with E-state index < -0.39 is 0 Å². The van der Waals surface area contributed by atoms with Gasteiger partial charge >= 0.3 is 0 Å². The van der Waals surface area contributed by atoms with Crippen LogP contribution in [0.1, 0.15) is 18.3 Å². The minimum Gasteiger partial charge on any atom is -0.497 e. The lowest BCUT2D eigenvalue weighted by Gasteiger charge is -2.14. The maximum absolute atomic E-state index is 5.88. The minimum absolute atomic E-state index is 0.0549. The van der Waals surface area contributed by atoms with Crippen LogP contribution in [-0.2, 0) is 20.1 Å². The molecule has 0 fully saturated rings. The molecule has 0 saturated heterocycles. The number of aromatic nitrogens is 3. The molecule has 0 spiro atoms. The molecule has 108 valence electrons. The number of nitrogens with zero attached hydrogens (tertiary/aromatic N) is 3. The van der Waals surface area contributed by atoms with E-state index in [4.69, 9.17) is 15.2 Å². The quantitative estimate of drug-likeness (QED) is 0.860. The Balaban J connectivity index is 2.15. The molecular weight excluding hydrogens is 256 g/mol. The molecule has 2 N–H and O–H groups in total. The molecule has 1 heterocycles. The van der Waals surface area contributed by atoms with Gasteiger partial charge in [-0.05, 0) is 37.1 Å². The van der Waals surface area contributed by atoms with E-state index in [2.05, 4.69) is 10.1 Å². The first-order chi connectivity index (χ1) is 9.60. The lowest BCUT2D eigenvalue weighted by molar-refractivity contribution is 0.285. The molecule has 0 aliphatic carbocycles. The van der Waals surface area contributed by atoms with Crippen molar-refractivity contribution in [2.24, 2.45) is 12.8 Å². The third-order valence-electron chi connectivity index (χ3n) is 2.97. The van der Waals surface area contributed by atoms with Gasteiger partial charge in [0.1, 0.15) is 24.4 Å². The average Bonchev–Trinajstić information content (AvgIpc) is 2.82. The van der Waals surface area contributed by atoms with Crippen molar-refractivity contribution in [1.29, 1.82) is 0 Å². The smallest absolute Gasteiger partial charge is 0.164 e. The number of benzene rings is 1. The van der Waals surface area contributed by atoms with Crippen molar-refractivity contribution in [2.45, 2.75) is 26.0 Å². The fourth-order valence-electron chi connectivity index (χ4n) is 1.92. The molecule has 2 aromatic rings. The zero-order valence-electron chi connectivity index (χ0n) is 12.0. The zero-order valence-corrected chi connectivity index (χ0v) is 12.0. The number of rotatable bonds is 6. The van der Waals surface area contributed by atoms with Gasteiger partial charge in [0.05, 0.1) is 7.11 Å². The van der Waals surface area contributed by atoms with Crippen LogP contribution in [0.5, 0.6) is 11.5 Å². The molecule has 0 radical (unpaired) electrons. The summed E-state index contributed by atoms with van der Waals surface area (Å²) in [5.74, 6) is 2.37. The van der Waals surface area contributed by atoms with Gasteiger partial charge in [-0.1, -0.05) is 0 Å². The summed E-state index contributed by atoms with van der Waals surface area (Å²) in [6, 6.07) is 5.78. The molecule has 1 atom stereocenters. The normalized spacial score (nSPS) is 12.2. The van der Waals surface area contributed by atoms with Crippen molar-refractivity contribution in [3.63, 3.8) is 0 Å². The first kappa shape index (κ1) is 14.3. The summed E-state index contributed by atoms with van der Waals surface area (Å²) in [4.78, 5) is 4.13. The van der Waals surface area contributed by atoms with E-state index in [1.165, 1.54) is 6.33 Å². The Bertz CT molecular complexity index is 566. The minimum atomic E-state index is 0.0549. The summed E-state index contributed by atoms with van der Waals surface area (Å²) in [7, 11) is 3.48. The summed E-state index contributed by atoms with van der Waals surface area (Å²) < 4.78 is 12.8. The predicted octanol–water partition coefficient (Wildman–Crippen LogP) is 1.29. The Kier molecular flexibility index (Phi) is 4.57. The van der Waals surface area contributed by atoms with Crippen molar-refractivity contribution in [3.8, 4) is 11.5 Å². The van der Waals surface area contributed by atoms with Gasteiger partial charge in [-0.15, -0.1) is 0 Å². The molecule has 0 saturated carbocycles. The van der Waals surface area contributed by atoms with Gasteiger partial charge in [-0.25, -0.2) is 4.98 Å². The Labute approximate surface area is 118 Å². The van der Waals surface area contributed by atoms with E-state index in [0.29, 0.717) is 6.61 Å². The molecule has 6 nitrogen and oxygen atoms in total. The standard InChI is InChI=1S/C14H20N4O2/c1-10(15)6-11-7-12(19-3)4-5-13(11)20-8-14-16-9-17-18(14)2/h4-5,7,9-10H,6,8,15H2,1-3H3. The average molecular weight is 276 g/mol. The van der Waals surface area contributed by atoms with Crippen molar-refractivity contribution < 1.29 is 9.47 Å². The van der Waals surface area contributed by atoms with Crippen molar-refractivity contribution in [2.75, 3.05) is 7.11 Å². The molecular formula is C14H20N4O2. The predicted molar refractivity (Wildman–Crippen MR) is 75.7 cm³/mol. The van der Waals surface area contributed by atoms with Crippen LogP contribution in [0.4, 0.5) is 0 Å². The highest BCUT2D eigenvalue weighted by Gasteiger charge is 2.10. The van der Waals surface area contributed by atoms with E-state index in [1.807, 2.05) is 32.2 Å². The molecule has 1 unspecified atom stereocenters. The van der Waals surface area contributed by atoms with Gasteiger partial charge in [-0.3, -0.25) is 4.68 Å². The summed E-state index contributed by atoms with van der Waals surface area (Å²) in [6.45, 7) is 2.33. The number of nitrogens with two attached hydrogens (primary N) is 1. The van der Waals surface area contributed by atoms with Crippen LogP contribution in [0.2, 0.25) is 0 Å². The Morgan fingerprint density at radius 2 is 2.20 bits per heavy atom. The third kappa shape index (κ3) is 3.48. The van der Waals surface area contributed by atoms with Crippen LogP contribution in [0.25, 0.3) is 0 Å². The van der Waals surface area contributed by atoms with Crippen LogP contribution in [0, 0.1) is 0 Å². The summed E-state index contributed by atoms with van der Waals surface area (Å²) in [6.07, 6.45) is 2.24. The van der Waals surface area contributed by atoms with Crippen LogP contribution in [0.15, 0.2) is 24.5 Å². The lowest BCUT2D eigenvalue weighted by atomic mass is 10.1. The molecule has 6 heteroatoms. The van der Waals surface area contributed by atoms with E-state index in [0.717, 1.165) is 29.3 Å². The summed E-state index contributed by atoms with van der Waals surface area (Å²) in [5.41, 5.74) is 6.91. The van der Waals surface area contributed by atoms with E-state index >= 15 is 0 Å². The number of hydrogen-bond acceptors (Lipinski definition) is 5. The SMILES string of the molecule is COc1ccc(OCc2ncnn2C)c(CC(C)N)c1. The van der Waals surface area contributed by atoms with Gasteiger partial charge in [-0.2, -0.15) is 5.10 Å². The maximum Gasteiger partial charge on any atom is 0.164 e. The second-order valence-corrected chi connectivity index (χ2v) is 4.74. The zero-order chi connectivity index (χ0) is 14.5. The number of ether oxygens (including phenoxy) is 2. The second kappa shape index (κ2) is 6.38. The number of aryl methyl sites for hydroxylation is 1. The second-order valence-electron chi connectivity index (χ2n) is 4.74. The molecule has 0 bridgehead atoms. The van der Waals surface area contributed by atoms with Gasteiger partial charge < -0.3 is 15.2 Å². The molecule has 0 aliphatic heterocycles. The highest BCUT2D eigenvalue weighted by molar-refractivity contribution is 5.40. The summed E-state index contributed by atoms with van der Waals surface area (Å²) >= 11 is 0. The first-order valence-corrected chi connectivity index (χ1v) is 6.48. The van der Waals surface area contributed by atoms with E-state index in [9.17, 15) is 0 Å². The number of hydrogen-bond donors (Lipinski definition) is 1. The van der Waals surface area contributed by atoms with Gasteiger partial charge in [0.25, 0.3) is 0 Å². The molecule has 0 amide bonds. The Hall–Kier alpha value is -2.08. The molecule has 1 aromatic carbocycles. The molecule has 20 heavy (non-hydrogen) atoms. The van der Waals surface area contributed by atoms with E-state index in [1.54, 1.807) is 11.8 Å². The number of methoxy groups -OCH3 is 1. The first-order valence-electron chi connectivity index (χ1n) is 6.48. The van der Waals surface area contributed by atoms with Crippen molar-refractivity contribution in [1.82, 2.24) is 14.8 Å². The third-order valence-corrected chi connectivity index (χ3v) is 2.97. The van der Waals surface area contributed by atoms with Crippen LogP contribution in [-0.4, -0.2) is 27.9 Å². The fraction of sp³-hybridized carbons (Fsp3) is 0.429. The van der Waals surface area contributed by atoms with Gasteiger partial charge in [0.2, 0.25) is 0 Å². The van der Waals surface area contributed by atoms with Gasteiger partial charge in [0.15, 0.2) is 5.82 Å². The highest BCUT2D eigenvalue weighted by Crippen LogP contribution is 2.25. The molecule has 2 rings (SSSR count). The Morgan fingerprint density at radius 1 is 1.40 bits per heavy atom. The monoisotopic (exact) mass is 276 g/mol. The Morgan fingerprint density at radius 3 is 2.80 bits per heavy atom.